The molecule has 0 aliphatic carbocycles. The molecule has 2 rings (SSSR count). The van der Waals surface area contributed by atoms with E-state index in [-0.39, 0.29) is 1.43 Å². The van der Waals surface area contributed by atoms with E-state index in [9.17, 15) is 0 Å². The highest BCUT2D eigenvalue weighted by molar-refractivity contribution is 5.09. The second-order valence-electron chi connectivity index (χ2n) is 3.95. The van der Waals surface area contributed by atoms with Crippen molar-refractivity contribution in [3.63, 3.8) is 0 Å². The second-order valence-corrected chi connectivity index (χ2v) is 3.95. The van der Waals surface area contributed by atoms with E-state index in [2.05, 4.69) is 34.3 Å². The molecule has 0 bridgehead atoms. The van der Waals surface area contributed by atoms with Gasteiger partial charge in [0, 0.05) is 46.0 Å². The summed E-state index contributed by atoms with van der Waals surface area (Å²) < 4.78 is 0. The maximum absolute atomic E-state index is 4.02. The van der Waals surface area contributed by atoms with Gasteiger partial charge in [-0.05, 0) is 24.6 Å². The van der Waals surface area contributed by atoms with Gasteiger partial charge in [0.2, 0.25) is 0 Å². The molecular weight excluding hydrogens is 174 g/mol. The molecule has 1 saturated heterocycles. The average Bonchev–Trinajstić information content (AvgIpc) is 2.19. The molecule has 14 heavy (non-hydrogen) atoms. The van der Waals surface area contributed by atoms with Crippen LogP contribution in [0.1, 0.15) is 13.9 Å². The minimum atomic E-state index is 0. The Hall–Kier alpha value is -0.930. The Morgan fingerprint density at radius 2 is 2.36 bits per heavy atom. The van der Waals surface area contributed by atoms with Crippen molar-refractivity contribution in [1.82, 2.24) is 15.2 Å². The van der Waals surface area contributed by atoms with Gasteiger partial charge in [-0.3, -0.25) is 9.88 Å². The molecule has 1 N–H and O–H groups in total. The lowest BCUT2D eigenvalue weighted by Crippen LogP contribution is -2.48. The number of nitrogens with zero attached hydrogens (tertiary/aromatic N) is 2. The topological polar surface area (TPSA) is 28.2 Å². The highest BCUT2D eigenvalue weighted by atomic mass is 15.2. The summed E-state index contributed by atoms with van der Waals surface area (Å²) in [4.78, 5) is 6.51. The molecular formula is C11H19N3. The van der Waals surface area contributed by atoms with Gasteiger partial charge in [0.15, 0.2) is 0 Å². The number of piperazine rings is 1. The van der Waals surface area contributed by atoms with Gasteiger partial charge in [-0.25, -0.2) is 0 Å². The highest BCUT2D eigenvalue weighted by Crippen LogP contribution is 2.05. The van der Waals surface area contributed by atoms with Crippen molar-refractivity contribution in [3.8, 4) is 0 Å². The van der Waals surface area contributed by atoms with Crippen LogP contribution >= 0.6 is 0 Å². The SMILES string of the molecule is CC1CN(Cc2ccncc2)CCN1.[HH]. The molecule has 2 heterocycles. The summed E-state index contributed by atoms with van der Waals surface area (Å²) in [5.41, 5.74) is 1.36. The van der Waals surface area contributed by atoms with Crippen LogP contribution in [0, 0.1) is 0 Å². The molecule has 3 heteroatoms. The molecule has 3 nitrogen and oxygen atoms in total. The Balaban J connectivity index is 0.00000112. The quantitative estimate of drug-likeness (QED) is 0.763. The van der Waals surface area contributed by atoms with Crippen LogP contribution in [0.2, 0.25) is 0 Å². The molecule has 0 amide bonds. The van der Waals surface area contributed by atoms with Gasteiger partial charge in [-0.1, -0.05) is 0 Å². The first-order valence-corrected chi connectivity index (χ1v) is 5.19. The summed E-state index contributed by atoms with van der Waals surface area (Å²) in [6, 6.07) is 4.80. The van der Waals surface area contributed by atoms with Crippen molar-refractivity contribution < 1.29 is 1.43 Å². The third-order valence-corrected chi connectivity index (χ3v) is 2.61. The number of nitrogens with one attached hydrogen (secondary N) is 1. The summed E-state index contributed by atoms with van der Waals surface area (Å²) in [6.45, 7) is 6.68. The van der Waals surface area contributed by atoms with Crippen LogP contribution in [0.3, 0.4) is 0 Å². The van der Waals surface area contributed by atoms with Crippen molar-refractivity contribution in [2.45, 2.75) is 19.5 Å². The van der Waals surface area contributed by atoms with E-state index < -0.39 is 0 Å². The van der Waals surface area contributed by atoms with Gasteiger partial charge in [0.05, 0.1) is 0 Å². The van der Waals surface area contributed by atoms with E-state index in [0.29, 0.717) is 6.04 Å². The van der Waals surface area contributed by atoms with Crippen LogP contribution < -0.4 is 5.32 Å². The Bertz CT molecular complexity index is 278. The maximum Gasteiger partial charge on any atom is 0.0271 e. The zero-order valence-electron chi connectivity index (χ0n) is 8.61. The van der Waals surface area contributed by atoms with Crippen LogP contribution in [0.25, 0.3) is 0 Å². The van der Waals surface area contributed by atoms with Gasteiger partial charge >= 0.3 is 0 Å². The molecule has 1 fully saturated rings. The van der Waals surface area contributed by atoms with Crippen LogP contribution in [-0.4, -0.2) is 35.6 Å². The van der Waals surface area contributed by atoms with E-state index in [0.717, 1.165) is 26.2 Å². The van der Waals surface area contributed by atoms with Gasteiger partial charge in [0.25, 0.3) is 0 Å². The summed E-state index contributed by atoms with van der Waals surface area (Å²) in [5, 5.41) is 3.44. The predicted molar refractivity (Wildman–Crippen MR) is 59.1 cm³/mol. The predicted octanol–water partition coefficient (Wildman–Crippen LogP) is 1.12. The number of rotatable bonds is 2. The van der Waals surface area contributed by atoms with Gasteiger partial charge in [-0.15, -0.1) is 0 Å². The Morgan fingerprint density at radius 3 is 3.07 bits per heavy atom. The fraction of sp³-hybridized carbons (Fsp3) is 0.545. The summed E-state index contributed by atoms with van der Waals surface area (Å²) in [7, 11) is 0. The largest absolute Gasteiger partial charge is 0.312 e. The Labute approximate surface area is 86.6 Å². The lowest BCUT2D eigenvalue weighted by molar-refractivity contribution is 0.199. The van der Waals surface area contributed by atoms with Crippen molar-refractivity contribution in [2.75, 3.05) is 19.6 Å². The summed E-state index contributed by atoms with van der Waals surface area (Å²) in [6.07, 6.45) is 3.72. The molecule has 1 aromatic heterocycles. The minimum absolute atomic E-state index is 0. The van der Waals surface area contributed by atoms with Gasteiger partial charge < -0.3 is 5.32 Å². The lowest BCUT2D eigenvalue weighted by atomic mass is 10.2. The Kier molecular flexibility index (Phi) is 3.11. The fourth-order valence-electron chi connectivity index (χ4n) is 1.90. The highest BCUT2D eigenvalue weighted by Gasteiger charge is 2.14. The van der Waals surface area contributed by atoms with Crippen molar-refractivity contribution in [2.24, 2.45) is 0 Å². The second kappa shape index (κ2) is 4.53. The number of aromatic nitrogens is 1. The van der Waals surface area contributed by atoms with Crippen LogP contribution in [-0.2, 0) is 6.54 Å². The fourth-order valence-corrected chi connectivity index (χ4v) is 1.90. The maximum atomic E-state index is 4.02. The van der Waals surface area contributed by atoms with Crippen molar-refractivity contribution >= 4 is 0 Å². The number of hydrogen-bond donors (Lipinski definition) is 1. The Morgan fingerprint density at radius 1 is 1.57 bits per heavy atom. The molecule has 78 valence electrons. The third-order valence-electron chi connectivity index (χ3n) is 2.61. The molecule has 0 aromatic carbocycles. The van der Waals surface area contributed by atoms with E-state index in [4.69, 9.17) is 0 Å². The molecule has 1 aromatic rings. The van der Waals surface area contributed by atoms with Crippen molar-refractivity contribution in [3.05, 3.63) is 30.1 Å². The molecule has 1 atom stereocenters. The molecule has 0 saturated carbocycles. The first-order chi connectivity index (χ1) is 6.84. The molecule has 0 radical (unpaired) electrons. The van der Waals surface area contributed by atoms with E-state index >= 15 is 0 Å². The first-order valence-electron chi connectivity index (χ1n) is 5.19. The molecule has 1 aliphatic heterocycles. The lowest BCUT2D eigenvalue weighted by Gasteiger charge is -2.31. The number of hydrogen-bond acceptors (Lipinski definition) is 3. The molecule has 0 spiro atoms. The third kappa shape index (κ3) is 2.53. The van der Waals surface area contributed by atoms with E-state index in [1.54, 1.807) is 0 Å². The normalized spacial score (nSPS) is 23.6. The van der Waals surface area contributed by atoms with Gasteiger partial charge in [0.1, 0.15) is 0 Å². The van der Waals surface area contributed by atoms with E-state index in [1.807, 2.05) is 12.4 Å². The number of pyridine rings is 1. The van der Waals surface area contributed by atoms with Crippen LogP contribution in [0.5, 0.6) is 0 Å². The minimum Gasteiger partial charge on any atom is -0.312 e. The average molecular weight is 193 g/mol. The monoisotopic (exact) mass is 193 g/mol. The van der Waals surface area contributed by atoms with Crippen LogP contribution in [0.4, 0.5) is 0 Å². The van der Waals surface area contributed by atoms with Crippen LogP contribution in [0.15, 0.2) is 24.5 Å². The summed E-state index contributed by atoms with van der Waals surface area (Å²) >= 11 is 0. The zero-order valence-corrected chi connectivity index (χ0v) is 8.61. The molecule has 1 aliphatic rings. The smallest absolute Gasteiger partial charge is 0.0271 e. The summed E-state index contributed by atoms with van der Waals surface area (Å²) in [5.74, 6) is 0. The molecule has 1 unspecified atom stereocenters. The van der Waals surface area contributed by atoms with Crippen molar-refractivity contribution in [1.29, 1.82) is 0 Å². The zero-order chi connectivity index (χ0) is 9.80. The first kappa shape index (κ1) is 9.62. The van der Waals surface area contributed by atoms with Gasteiger partial charge in [-0.2, -0.15) is 0 Å². The standard InChI is InChI=1S/C11H17N3.H2/c1-10-8-14(7-6-13-10)9-11-2-4-12-5-3-11;/h2-5,10,13H,6-9H2,1H3;1H. The van der Waals surface area contributed by atoms with E-state index in [1.165, 1.54) is 5.56 Å².